The molecule has 1 aromatic heterocycles. The maximum absolute atomic E-state index is 13.4. The van der Waals surface area contributed by atoms with E-state index in [9.17, 15) is 13.2 Å². The van der Waals surface area contributed by atoms with Crippen LogP contribution >= 0.6 is 36.4 Å². The average molecular weight is 473 g/mol. The fourth-order valence-corrected chi connectivity index (χ4v) is 3.22. The zero-order chi connectivity index (χ0) is 19.3. The highest BCUT2D eigenvalue weighted by atomic mass is 35.5. The zero-order valence-corrected chi connectivity index (χ0v) is 17.8. The third kappa shape index (κ3) is 7.79. The lowest BCUT2D eigenvalue weighted by atomic mass is 9.98. The number of alkyl halides is 3. The Balaban J connectivity index is 0.00000210. The van der Waals surface area contributed by atoms with Crippen molar-refractivity contribution < 1.29 is 13.2 Å². The topological polar surface area (TPSA) is 61.9 Å². The zero-order valence-electron chi connectivity index (χ0n) is 15.4. The van der Waals surface area contributed by atoms with Crippen molar-refractivity contribution in [2.24, 2.45) is 5.92 Å². The van der Waals surface area contributed by atoms with Crippen molar-refractivity contribution in [1.82, 2.24) is 20.6 Å². The summed E-state index contributed by atoms with van der Waals surface area (Å²) >= 11 is 5.89. The van der Waals surface area contributed by atoms with Gasteiger partial charge in [-0.15, -0.1) is 24.8 Å². The van der Waals surface area contributed by atoms with Crippen LogP contribution in [-0.4, -0.2) is 29.6 Å². The summed E-state index contributed by atoms with van der Waals surface area (Å²) in [6.07, 6.45) is -1.28. The summed E-state index contributed by atoms with van der Waals surface area (Å²) in [5.74, 6) is 0.358. The minimum atomic E-state index is -4.56. The maximum atomic E-state index is 13.4. The average Bonchev–Trinajstić information content (AvgIpc) is 2.63. The molecule has 162 valence electrons. The molecule has 1 aliphatic rings. The Morgan fingerprint density at radius 2 is 1.90 bits per heavy atom. The van der Waals surface area contributed by atoms with Gasteiger partial charge in [0, 0.05) is 29.0 Å². The molecule has 0 aliphatic carbocycles. The van der Waals surface area contributed by atoms with Crippen molar-refractivity contribution >= 4 is 48.1 Å². The number of nitrogens with one attached hydrogen (secondary N) is 3. The highest BCUT2D eigenvalue weighted by molar-refractivity contribution is 6.30. The van der Waals surface area contributed by atoms with Gasteiger partial charge in [0.1, 0.15) is 0 Å². The molecule has 0 saturated carbocycles. The molecule has 0 bridgehead atoms. The van der Waals surface area contributed by atoms with Gasteiger partial charge in [-0.3, -0.25) is 0 Å². The highest BCUT2D eigenvalue weighted by Gasteiger charge is 2.36. The number of aromatic nitrogens is 2. The number of nitrogens with zero attached hydrogens (tertiary/aromatic N) is 2. The van der Waals surface area contributed by atoms with Crippen molar-refractivity contribution in [1.29, 1.82) is 0 Å². The van der Waals surface area contributed by atoms with E-state index in [1.54, 1.807) is 24.3 Å². The Bertz CT molecular complexity index is 771. The molecule has 5 nitrogen and oxygen atoms in total. The molecule has 2 heterocycles. The molecule has 11 heteroatoms. The largest absolute Gasteiger partial charge is 0.433 e. The molecule has 0 radical (unpaired) electrons. The van der Waals surface area contributed by atoms with Gasteiger partial charge < -0.3 is 16.0 Å². The number of hydrogen-bond acceptors (Lipinski definition) is 5. The monoisotopic (exact) mass is 471 g/mol. The third-order valence-corrected chi connectivity index (χ3v) is 4.66. The second-order valence-electron chi connectivity index (χ2n) is 6.52. The second-order valence-corrected chi connectivity index (χ2v) is 6.96. The number of rotatable bonds is 6. The summed E-state index contributed by atoms with van der Waals surface area (Å²) in [7, 11) is 0. The van der Waals surface area contributed by atoms with Gasteiger partial charge >= 0.3 is 6.18 Å². The molecule has 1 aliphatic heterocycles. The number of benzene rings is 1. The Labute approximate surface area is 185 Å². The third-order valence-electron chi connectivity index (χ3n) is 4.42. The van der Waals surface area contributed by atoms with E-state index in [0.29, 0.717) is 23.2 Å². The molecule has 3 N–H and O–H groups in total. The number of piperidine rings is 1. The van der Waals surface area contributed by atoms with Crippen molar-refractivity contribution in [2.45, 2.75) is 25.6 Å². The van der Waals surface area contributed by atoms with Crippen LogP contribution in [0, 0.1) is 5.92 Å². The maximum Gasteiger partial charge on any atom is 0.433 e. The summed E-state index contributed by atoms with van der Waals surface area (Å²) in [6, 6.07) is 6.63. The lowest BCUT2D eigenvalue weighted by Gasteiger charge is -2.23. The molecule has 0 amide bonds. The smallest absolute Gasteiger partial charge is 0.324 e. The second kappa shape index (κ2) is 11.8. The van der Waals surface area contributed by atoms with E-state index in [1.165, 1.54) is 6.20 Å². The van der Waals surface area contributed by atoms with Gasteiger partial charge in [0.15, 0.2) is 5.69 Å². The van der Waals surface area contributed by atoms with Crippen LogP contribution in [0.5, 0.6) is 0 Å². The van der Waals surface area contributed by atoms with Crippen LogP contribution < -0.4 is 16.0 Å². The number of halogens is 6. The van der Waals surface area contributed by atoms with Gasteiger partial charge in [0.25, 0.3) is 0 Å². The van der Waals surface area contributed by atoms with Crippen LogP contribution in [0.1, 0.15) is 24.1 Å². The minimum absolute atomic E-state index is 0. The van der Waals surface area contributed by atoms with Gasteiger partial charge in [0.05, 0.1) is 0 Å². The SMILES string of the molecule is Cl.Cl.FC(F)(F)c1nc(Nc2cccc(Cl)c2)ncc1CNCC1CCNCC1. The first kappa shape index (κ1) is 25.7. The van der Waals surface area contributed by atoms with Crippen LogP contribution in [0.3, 0.4) is 0 Å². The lowest BCUT2D eigenvalue weighted by Crippen LogP contribution is -2.33. The van der Waals surface area contributed by atoms with Gasteiger partial charge in [0.2, 0.25) is 5.95 Å². The van der Waals surface area contributed by atoms with Crippen LogP contribution in [0.15, 0.2) is 30.5 Å². The van der Waals surface area contributed by atoms with E-state index in [2.05, 4.69) is 25.9 Å². The van der Waals surface area contributed by atoms with Crippen LogP contribution in [0.2, 0.25) is 5.02 Å². The van der Waals surface area contributed by atoms with Crippen LogP contribution in [-0.2, 0) is 12.7 Å². The summed E-state index contributed by atoms with van der Waals surface area (Å²) in [4.78, 5) is 7.72. The highest BCUT2D eigenvalue weighted by Crippen LogP contribution is 2.31. The molecule has 1 aromatic carbocycles. The standard InChI is InChI=1S/C18H21ClF3N5.2ClH/c19-14-2-1-3-15(8-14)26-17-25-11-13(16(27-17)18(20,21)22)10-24-9-12-4-6-23-7-5-12;;/h1-3,8,11-12,23-24H,4-7,9-10H2,(H,25,26,27);2*1H. The summed E-state index contributed by atoms with van der Waals surface area (Å²) in [5.41, 5.74) is -0.375. The van der Waals surface area contributed by atoms with Gasteiger partial charge in [-0.05, 0) is 56.6 Å². The van der Waals surface area contributed by atoms with Crippen LogP contribution in [0.25, 0.3) is 0 Å². The Hall–Kier alpha value is -1.32. The van der Waals surface area contributed by atoms with Crippen molar-refractivity contribution in [3.05, 3.63) is 46.7 Å². The summed E-state index contributed by atoms with van der Waals surface area (Å²) in [6.45, 7) is 2.66. The lowest BCUT2D eigenvalue weighted by molar-refractivity contribution is -0.141. The van der Waals surface area contributed by atoms with Gasteiger partial charge in [-0.25, -0.2) is 9.97 Å². The Kier molecular flexibility index (Phi) is 10.4. The molecule has 0 atom stereocenters. The van der Waals surface area contributed by atoms with E-state index < -0.39 is 11.9 Å². The van der Waals surface area contributed by atoms with E-state index in [1.807, 2.05) is 0 Å². The Morgan fingerprint density at radius 3 is 2.55 bits per heavy atom. The number of hydrogen-bond donors (Lipinski definition) is 3. The first-order valence-electron chi connectivity index (χ1n) is 8.79. The Morgan fingerprint density at radius 1 is 1.17 bits per heavy atom. The van der Waals surface area contributed by atoms with Gasteiger partial charge in [-0.2, -0.15) is 13.2 Å². The van der Waals surface area contributed by atoms with E-state index >= 15 is 0 Å². The molecule has 3 rings (SSSR count). The van der Waals surface area contributed by atoms with Crippen molar-refractivity contribution in [3.63, 3.8) is 0 Å². The minimum Gasteiger partial charge on any atom is -0.324 e. The quantitative estimate of drug-likeness (QED) is 0.562. The molecule has 0 spiro atoms. The summed E-state index contributed by atoms with van der Waals surface area (Å²) in [5, 5.41) is 9.61. The molecule has 2 aromatic rings. The fourth-order valence-electron chi connectivity index (χ4n) is 3.03. The molecular formula is C18H23Cl3F3N5. The fraction of sp³-hybridized carbons (Fsp3) is 0.444. The predicted molar refractivity (Wildman–Crippen MR) is 114 cm³/mol. The van der Waals surface area contributed by atoms with Crippen molar-refractivity contribution in [3.8, 4) is 0 Å². The molecule has 0 unspecified atom stereocenters. The molecule has 29 heavy (non-hydrogen) atoms. The van der Waals surface area contributed by atoms with E-state index in [0.717, 1.165) is 25.9 Å². The van der Waals surface area contributed by atoms with Gasteiger partial charge in [-0.1, -0.05) is 17.7 Å². The summed E-state index contributed by atoms with van der Waals surface area (Å²) < 4.78 is 40.3. The van der Waals surface area contributed by atoms with Crippen molar-refractivity contribution in [2.75, 3.05) is 25.0 Å². The molecule has 1 fully saturated rings. The first-order valence-corrected chi connectivity index (χ1v) is 9.17. The number of anilines is 2. The molecular weight excluding hydrogens is 450 g/mol. The van der Waals surface area contributed by atoms with Crippen LogP contribution in [0.4, 0.5) is 24.8 Å². The predicted octanol–water partition coefficient (Wildman–Crippen LogP) is 4.83. The van der Waals surface area contributed by atoms with E-state index in [-0.39, 0.29) is 42.9 Å². The molecule has 1 saturated heterocycles. The first-order chi connectivity index (χ1) is 12.9. The van der Waals surface area contributed by atoms with E-state index in [4.69, 9.17) is 11.6 Å². The normalized spacial score (nSPS) is 14.6.